The van der Waals surface area contributed by atoms with Crippen LogP contribution < -0.4 is 4.74 Å². The maximum Gasteiger partial charge on any atom is 0.237 e. The van der Waals surface area contributed by atoms with E-state index in [0.29, 0.717) is 5.56 Å². The molecule has 0 amide bonds. The summed E-state index contributed by atoms with van der Waals surface area (Å²) in [5.41, 5.74) is 2.29. The van der Waals surface area contributed by atoms with E-state index in [1.807, 2.05) is 6.07 Å². The van der Waals surface area contributed by atoms with E-state index in [1.165, 1.54) is 6.07 Å². The van der Waals surface area contributed by atoms with Gasteiger partial charge in [-0.1, -0.05) is 0 Å². The van der Waals surface area contributed by atoms with E-state index in [9.17, 15) is 14.0 Å². The van der Waals surface area contributed by atoms with Crippen molar-refractivity contribution in [2.75, 3.05) is 0 Å². The minimum absolute atomic E-state index is 0.119. The number of benzene rings is 1. The number of aryl methyl sites for hydroxylation is 2. The van der Waals surface area contributed by atoms with Crippen molar-refractivity contribution in [3.05, 3.63) is 52.7 Å². The lowest BCUT2D eigenvalue weighted by Crippen LogP contribution is -2.07. The first-order valence-corrected chi connectivity index (χ1v) is 6.73. The lowest BCUT2D eigenvalue weighted by Gasteiger charge is -2.16. The third-order valence-corrected chi connectivity index (χ3v) is 3.49. The molecule has 1 aromatic heterocycles. The van der Waals surface area contributed by atoms with Crippen molar-refractivity contribution in [1.29, 1.82) is 5.26 Å². The number of hydrogen-bond acceptors (Lipinski definition) is 3. The first kappa shape index (κ1) is 13.5. The number of ether oxygens (including phenoxy) is 1. The maximum absolute atomic E-state index is 13.2. The van der Waals surface area contributed by atoms with Gasteiger partial charge in [-0.3, -0.25) is 0 Å². The van der Waals surface area contributed by atoms with Gasteiger partial charge in [-0.2, -0.15) is 5.26 Å². The fourth-order valence-electron chi connectivity index (χ4n) is 2.42. The summed E-state index contributed by atoms with van der Waals surface area (Å²) in [4.78, 5) is 4.37. The van der Waals surface area contributed by atoms with Gasteiger partial charge in [0, 0.05) is 11.8 Å². The highest BCUT2D eigenvalue weighted by Gasteiger charge is 2.17. The Morgan fingerprint density at radius 3 is 2.67 bits per heavy atom. The predicted octanol–water partition coefficient (Wildman–Crippen LogP) is 3.90. The van der Waals surface area contributed by atoms with Gasteiger partial charge in [0.1, 0.15) is 17.4 Å². The quantitative estimate of drug-likeness (QED) is 0.841. The Labute approximate surface area is 120 Å². The predicted molar refractivity (Wildman–Crippen MR) is 72.0 cm³/mol. The Hall–Kier alpha value is -2.48. The molecular formula is C16H12F2N2O. The highest BCUT2D eigenvalue weighted by Crippen LogP contribution is 2.29. The van der Waals surface area contributed by atoms with Crippen LogP contribution in [0, 0.1) is 23.0 Å². The number of nitriles is 1. The first-order chi connectivity index (χ1) is 10.2. The maximum atomic E-state index is 13.2. The Morgan fingerprint density at radius 2 is 1.90 bits per heavy atom. The number of rotatable bonds is 2. The highest BCUT2D eigenvalue weighted by molar-refractivity contribution is 5.45. The normalized spacial score (nSPS) is 13.4. The van der Waals surface area contributed by atoms with Crippen molar-refractivity contribution in [3.8, 4) is 17.7 Å². The van der Waals surface area contributed by atoms with Crippen LogP contribution in [0.3, 0.4) is 0 Å². The number of fused-ring (bicyclic) bond motifs is 1. The van der Waals surface area contributed by atoms with Gasteiger partial charge in [0.15, 0.2) is 11.6 Å². The molecule has 21 heavy (non-hydrogen) atoms. The molecule has 3 nitrogen and oxygen atoms in total. The van der Waals surface area contributed by atoms with E-state index in [1.54, 1.807) is 6.07 Å². The summed E-state index contributed by atoms with van der Waals surface area (Å²) < 4.78 is 31.6. The van der Waals surface area contributed by atoms with Crippen molar-refractivity contribution >= 4 is 0 Å². The molecule has 1 heterocycles. The van der Waals surface area contributed by atoms with Gasteiger partial charge >= 0.3 is 0 Å². The first-order valence-electron chi connectivity index (χ1n) is 6.73. The number of aromatic nitrogens is 1. The number of nitrogens with zero attached hydrogens (tertiary/aromatic N) is 2. The number of pyridine rings is 1. The van der Waals surface area contributed by atoms with Crippen molar-refractivity contribution in [3.63, 3.8) is 0 Å². The lowest BCUT2D eigenvalue weighted by atomic mass is 9.95. The SMILES string of the molecule is N#Cc1cc2c(nc1Oc1ccc(F)c(F)c1)CCCC2. The molecule has 1 aromatic carbocycles. The fourth-order valence-corrected chi connectivity index (χ4v) is 2.42. The van der Waals surface area contributed by atoms with Gasteiger partial charge < -0.3 is 4.74 Å². The van der Waals surface area contributed by atoms with Crippen molar-refractivity contribution < 1.29 is 13.5 Å². The summed E-state index contributed by atoms with van der Waals surface area (Å²) >= 11 is 0. The number of hydrogen-bond donors (Lipinski definition) is 0. The van der Waals surface area contributed by atoms with E-state index >= 15 is 0 Å². The topological polar surface area (TPSA) is 45.9 Å². The van der Waals surface area contributed by atoms with Crippen LogP contribution in [0.25, 0.3) is 0 Å². The van der Waals surface area contributed by atoms with Gasteiger partial charge in [-0.05, 0) is 49.4 Å². The van der Waals surface area contributed by atoms with Crippen LogP contribution in [0.5, 0.6) is 11.6 Å². The zero-order valence-electron chi connectivity index (χ0n) is 11.2. The Balaban J connectivity index is 1.97. The molecule has 0 unspecified atom stereocenters. The molecule has 0 spiro atoms. The van der Waals surface area contributed by atoms with Crippen LogP contribution in [-0.4, -0.2) is 4.98 Å². The third-order valence-electron chi connectivity index (χ3n) is 3.49. The van der Waals surface area contributed by atoms with Crippen LogP contribution in [0.1, 0.15) is 29.7 Å². The van der Waals surface area contributed by atoms with E-state index in [0.717, 1.165) is 49.1 Å². The van der Waals surface area contributed by atoms with Crippen LogP contribution in [-0.2, 0) is 12.8 Å². The standard InChI is InChI=1S/C16H12F2N2O/c17-13-6-5-12(8-14(13)18)21-16-11(9-19)7-10-3-1-2-4-15(10)20-16/h5-8H,1-4H2. The van der Waals surface area contributed by atoms with Gasteiger partial charge in [0.2, 0.25) is 5.88 Å². The minimum Gasteiger partial charge on any atom is -0.438 e. The molecule has 0 saturated carbocycles. The molecule has 0 bridgehead atoms. The second-order valence-electron chi connectivity index (χ2n) is 4.94. The van der Waals surface area contributed by atoms with Gasteiger partial charge in [0.05, 0.1) is 0 Å². The van der Waals surface area contributed by atoms with Crippen LogP contribution in [0.4, 0.5) is 8.78 Å². The summed E-state index contributed by atoms with van der Waals surface area (Å²) in [5, 5.41) is 9.19. The summed E-state index contributed by atoms with van der Waals surface area (Å²) in [6.45, 7) is 0. The monoisotopic (exact) mass is 286 g/mol. The molecule has 0 saturated heterocycles. The zero-order chi connectivity index (χ0) is 14.8. The van der Waals surface area contributed by atoms with E-state index in [-0.39, 0.29) is 11.6 Å². The Morgan fingerprint density at radius 1 is 1.10 bits per heavy atom. The van der Waals surface area contributed by atoms with Crippen molar-refractivity contribution in [2.45, 2.75) is 25.7 Å². The smallest absolute Gasteiger partial charge is 0.237 e. The average molecular weight is 286 g/mol. The second kappa shape index (κ2) is 5.49. The minimum atomic E-state index is -0.996. The van der Waals surface area contributed by atoms with Crippen LogP contribution in [0.15, 0.2) is 24.3 Å². The third kappa shape index (κ3) is 2.70. The molecule has 1 aliphatic rings. The fraction of sp³-hybridized carbons (Fsp3) is 0.250. The summed E-state index contributed by atoms with van der Waals surface area (Å²) in [6.07, 6.45) is 3.89. The molecule has 0 radical (unpaired) electrons. The van der Waals surface area contributed by atoms with E-state index < -0.39 is 11.6 Å². The van der Waals surface area contributed by atoms with Crippen molar-refractivity contribution in [2.24, 2.45) is 0 Å². The molecule has 0 fully saturated rings. The molecule has 0 atom stereocenters. The summed E-state index contributed by atoms with van der Waals surface area (Å²) in [5.74, 6) is -1.68. The Kier molecular flexibility index (Phi) is 3.53. The molecular weight excluding hydrogens is 274 g/mol. The van der Waals surface area contributed by atoms with Gasteiger partial charge in [-0.25, -0.2) is 13.8 Å². The molecule has 5 heteroatoms. The van der Waals surface area contributed by atoms with E-state index in [4.69, 9.17) is 4.74 Å². The summed E-state index contributed by atoms with van der Waals surface area (Å²) in [7, 11) is 0. The van der Waals surface area contributed by atoms with Gasteiger partial charge in [0.25, 0.3) is 0 Å². The summed E-state index contributed by atoms with van der Waals surface area (Å²) in [6, 6.07) is 7.04. The average Bonchev–Trinajstić information content (AvgIpc) is 2.50. The highest BCUT2D eigenvalue weighted by atomic mass is 19.2. The molecule has 2 aromatic rings. The molecule has 106 valence electrons. The largest absolute Gasteiger partial charge is 0.438 e. The van der Waals surface area contributed by atoms with Gasteiger partial charge in [-0.15, -0.1) is 0 Å². The number of halogens is 2. The molecule has 0 N–H and O–H groups in total. The van der Waals surface area contributed by atoms with E-state index in [2.05, 4.69) is 4.98 Å². The van der Waals surface area contributed by atoms with Crippen LogP contribution >= 0.6 is 0 Å². The molecule has 0 aliphatic heterocycles. The van der Waals surface area contributed by atoms with Crippen LogP contribution in [0.2, 0.25) is 0 Å². The lowest BCUT2D eigenvalue weighted by molar-refractivity contribution is 0.443. The Bertz CT molecular complexity index is 738. The zero-order valence-corrected chi connectivity index (χ0v) is 11.2. The molecule has 3 rings (SSSR count). The second-order valence-corrected chi connectivity index (χ2v) is 4.94. The van der Waals surface area contributed by atoms with Crippen molar-refractivity contribution in [1.82, 2.24) is 4.98 Å². The molecule has 1 aliphatic carbocycles.